The molecular formula is C57H92O27S. The fourth-order valence-corrected chi connectivity index (χ4v) is 16.4. The lowest BCUT2D eigenvalue weighted by atomic mass is 9.47. The Balaban J connectivity index is 0.992. The third kappa shape index (κ3) is 13.3. The molecule has 85 heavy (non-hydrogen) atoms. The molecule has 0 aromatic heterocycles. The number of ether oxygens (including phenoxy) is 10. The molecule has 33 atom stereocenters. The first kappa shape index (κ1) is 67.5. The summed E-state index contributed by atoms with van der Waals surface area (Å²) in [5, 5.41) is 124. The molecule has 9 rings (SSSR count). The zero-order valence-electron chi connectivity index (χ0n) is 49.7. The van der Waals surface area contributed by atoms with Crippen molar-refractivity contribution >= 4 is 22.0 Å². The first-order chi connectivity index (χ1) is 39.6. The van der Waals surface area contributed by atoms with Crippen molar-refractivity contribution in [2.24, 2.45) is 40.4 Å². The average molecular weight is 1240 g/mol. The molecular weight excluding hydrogens is 1150 g/mol. The number of ketones is 2. The number of carbonyl (C=O) groups is 2. The van der Waals surface area contributed by atoms with E-state index >= 15 is 0 Å². The molecule has 5 saturated heterocycles. The molecule has 0 spiro atoms. The van der Waals surface area contributed by atoms with E-state index in [0.717, 1.165) is 5.57 Å². The second-order valence-corrected chi connectivity index (χ2v) is 27.9. The summed E-state index contributed by atoms with van der Waals surface area (Å²) in [7, 11) is -4.89. The van der Waals surface area contributed by atoms with Crippen LogP contribution >= 0.6 is 0 Å². The van der Waals surface area contributed by atoms with Gasteiger partial charge in [0.25, 0.3) is 0 Å². The van der Waals surface area contributed by atoms with Crippen LogP contribution in [0.3, 0.4) is 0 Å². The average Bonchev–Trinajstić information content (AvgIpc) is 1.84. The van der Waals surface area contributed by atoms with Crippen LogP contribution in [-0.2, 0) is 71.5 Å². The Labute approximate surface area is 495 Å². The highest BCUT2D eigenvalue weighted by molar-refractivity contribution is 7.80. The van der Waals surface area contributed by atoms with Crippen molar-refractivity contribution in [3.63, 3.8) is 0 Å². The summed E-state index contributed by atoms with van der Waals surface area (Å²) in [4.78, 5) is 27.6. The number of fused-ring (bicyclic) bond motifs is 5. The number of hydrogen-bond donors (Lipinski definition) is 12. The van der Waals surface area contributed by atoms with Crippen molar-refractivity contribution in [3.8, 4) is 0 Å². The van der Waals surface area contributed by atoms with Gasteiger partial charge in [0, 0.05) is 12.8 Å². The Hall–Kier alpha value is -1.89. The monoisotopic (exact) mass is 1240 g/mol. The number of aliphatic hydroxyl groups is 11. The van der Waals surface area contributed by atoms with Gasteiger partial charge in [-0.25, -0.2) is 4.18 Å². The van der Waals surface area contributed by atoms with Crippen molar-refractivity contribution in [2.75, 3.05) is 0 Å². The normalized spacial score (nSPS) is 51.3. The van der Waals surface area contributed by atoms with E-state index in [1.165, 1.54) is 34.6 Å². The van der Waals surface area contributed by atoms with Gasteiger partial charge in [0.2, 0.25) is 0 Å². The summed E-state index contributed by atoms with van der Waals surface area (Å²) in [6.07, 6.45) is -36.2. The summed E-state index contributed by atoms with van der Waals surface area (Å²) < 4.78 is 101. The molecule has 3 saturated carbocycles. The Kier molecular flexibility index (Phi) is 20.4. The smallest absolute Gasteiger partial charge is 0.389 e. The highest BCUT2D eigenvalue weighted by Crippen LogP contribution is 2.67. The third-order valence-electron chi connectivity index (χ3n) is 20.4. The molecule has 5 heterocycles. The number of rotatable bonds is 17. The van der Waals surface area contributed by atoms with E-state index in [-0.39, 0.29) is 48.7 Å². The summed E-state index contributed by atoms with van der Waals surface area (Å²) >= 11 is 0. The van der Waals surface area contributed by atoms with Gasteiger partial charge in [0.05, 0.1) is 42.2 Å². The molecule has 0 amide bonds. The topological polar surface area (TPSA) is 413 Å². The van der Waals surface area contributed by atoms with Gasteiger partial charge in [0.15, 0.2) is 43.3 Å². The van der Waals surface area contributed by atoms with Gasteiger partial charge in [-0.2, -0.15) is 8.42 Å². The molecule has 0 aromatic carbocycles. The van der Waals surface area contributed by atoms with Gasteiger partial charge in [-0.3, -0.25) is 14.1 Å². The fraction of sp³-hybridized carbons (Fsp3) is 0.930. The summed E-state index contributed by atoms with van der Waals surface area (Å²) in [6.45, 7) is 16.9. The van der Waals surface area contributed by atoms with E-state index in [2.05, 4.69) is 19.9 Å². The van der Waals surface area contributed by atoms with Crippen molar-refractivity contribution in [1.82, 2.24) is 0 Å². The number of Topliss-reactive ketones (excluding diaryl/α,β-unsaturated/α-hetero) is 2. The zero-order chi connectivity index (χ0) is 62.5. The quantitative estimate of drug-likeness (QED) is 0.0610. The first-order valence-corrected chi connectivity index (χ1v) is 31.4. The molecule has 0 bridgehead atoms. The number of carbonyl (C=O) groups excluding carboxylic acids is 2. The predicted molar refractivity (Wildman–Crippen MR) is 288 cm³/mol. The van der Waals surface area contributed by atoms with Crippen LogP contribution in [0.2, 0.25) is 0 Å². The maximum atomic E-state index is 14.4. The van der Waals surface area contributed by atoms with E-state index < -0.39 is 198 Å². The van der Waals surface area contributed by atoms with Gasteiger partial charge < -0.3 is 104 Å². The largest absolute Gasteiger partial charge is 0.397 e. The molecule has 5 aliphatic heterocycles. The molecule has 9 aliphatic rings. The minimum atomic E-state index is -4.89. The molecule has 0 aromatic rings. The zero-order valence-corrected chi connectivity index (χ0v) is 50.6. The highest BCUT2D eigenvalue weighted by atomic mass is 32.3. The van der Waals surface area contributed by atoms with Crippen LogP contribution < -0.4 is 0 Å². The van der Waals surface area contributed by atoms with Gasteiger partial charge in [0.1, 0.15) is 91.2 Å². The Morgan fingerprint density at radius 3 is 1.73 bits per heavy atom. The molecule has 0 radical (unpaired) electrons. The molecule has 1 unspecified atom stereocenters. The lowest BCUT2D eigenvalue weighted by molar-refractivity contribution is -0.399. The van der Waals surface area contributed by atoms with Crippen molar-refractivity contribution < 1.29 is 130 Å². The number of aliphatic hydroxyl groups excluding tert-OH is 10. The second-order valence-electron chi connectivity index (χ2n) is 26.9. The SMILES string of the molecule is CC(C)CC(=O)C[C@](C)(O)[C@H]1CC[C@H]2C3C[C@H](O[C@@H]4O[C@H](C)C(=O)[C@H](O[C@@H]5O[C@H](C)[C@@H](O[C@@H]6O[C@H](C)[C@H](O)[C@H](O)[C@H]6O[C@@H]6O[C@H](C)[C@H](O)[C@H](O)[C@H]6O)[C@H](O)[C@H]5O[C@@H]5O[C@H](C)[C@@H](O)[C@H](O)[C@H]5O)[C@H]4O)[C@H]4C[C@@H](OS(=O)(=O)O)CC[C@]4(C)C3=CC[C@@]21C. The molecule has 4 aliphatic carbocycles. The van der Waals surface area contributed by atoms with Crippen LogP contribution in [0.4, 0.5) is 0 Å². The summed E-state index contributed by atoms with van der Waals surface area (Å²) in [6, 6.07) is 0. The van der Waals surface area contributed by atoms with Crippen molar-refractivity contribution in [3.05, 3.63) is 11.6 Å². The highest BCUT2D eigenvalue weighted by Gasteiger charge is 2.64. The van der Waals surface area contributed by atoms with Gasteiger partial charge in [-0.15, -0.1) is 0 Å². The maximum Gasteiger partial charge on any atom is 0.397 e. The van der Waals surface area contributed by atoms with Crippen LogP contribution in [0.25, 0.3) is 0 Å². The lowest BCUT2D eigenvalue weighted by Gasteiger charge is -2.60. The maximum absolute atomic E-state index is 14.4. The van der Waals surface area contributed by atoms with Crippen LogP contribution in [0.15, 0.2) is 11.6 Å². The van der Waals surface area contributed by atoms with Crippen LogP contribution in [0.5, 0.6) is 0 Å². The lowest BCUT2D eigenvalue weighted by Crippen LogP contribution is -2.67. The number of hydrogen-bond acceptors (Lipinski definition) is 26. The molecule has 8 fully saturated rings. The van der Waals surface area contributed by atoms with E-state index in [1.807, 2.05) is 13.8 Å². The summed E-state index contributed by atoms with van der Waals surface area (Å²) in [5.41, 5.74) is -1.28. The third-order valence-corrected chi connectivity index (χ3v) is 20.9. The standard InChI is InChI=1S/C57H92O27S/c1-21(2)17-27(58)20-57(10,70)34-12-11-30-29-19-33(32-18-28(84-85(71,72)73)13-15-55(32,8)31(29)14-16-56(30,34)9)79-52-45(69)47(38(62)25(6)76-52)81-54-49(83-51-43(67)40(64)36(60)23(4)75-51)44(68)46(26(7)78-54)80-53-48(41(65)37(61)24(5)77-53)82-50-42(66)39(63)35(59)22(3)74-50/h14,21-26,28-30,32-37,39-54,59-61,63-70H,11-13,15-20H2,1-10H3,(H,71,72,73)/t22-,23-,24-,25-,26-,28+,29?,30+,32-,33+,34+,35+,36-,37+,39+,40+,41+,42-,43-,44+,45-,46-,47+,48-,49-,50+,51+,52+,53+,54+,55-,56+,57+/m1/s1. The van der Waals surface area contributed by atoms with Gasteiger partial charge in [-0.1, -0.05) is 39.3 Å². The van der Waals surface area contributed by atoms with Gasteiger partial charge >= 0.3 is 10.4 Å². The second kappa shape index (κ2) is 25.7. The minimum absolute atomic E-state index is 0.00928. The van der Waals surface area contributed by atoms with Crippen molar-refractivity contribution in [1.29, 1.82) is 0 Å². The summed E-state index contributed by atoms with van der Waals surface area (Å²) in [5.74, 6) is -1.64. The van der Waals surface area contributed by atoms with E-state index in [4.69, 9.17) is 51.6 Å². The van der Waals surface area contributed by atoms with E-state index in [1.54, 1.807) is 6.92 Å². The molecule has 28 heteroatoms. The first-order valence-electron chi connectivity index (χ1n) is 30.1. The Bertz CT molecular complexity index is 2490. The fourth-order valence-electron chi connectivity index (χ4n) is 15.9. The molecule has 27 nitrogen and oxygen atoms in total. The Morgan fingerprint density at radius 1 is 0.635 bits per heavy atom. The van der Waals surface area contributed by atoms with Crippen LogP contribution in [0.1, 0.15) is 127 Å². The predicted octanol–water partition coefficient (Wildman–Crippen LogP) is -1.05. The minimum Gasteiger partial charge on any atom is -0.389 e. The van der Waals surface area contributed by atoms with Crippen LogP contribution in [-0.4, -0.2) is 246 Å². The molecule has 488 valence electrons. The van der Waals surface area contributed by atoms with E-state index in [9.17, 15) is 78.7 Å². The van der Waals surface area contributed by atoms with Crippen molar-refractivity contribution in [2.45, 2.75) is 292 Å². The van der Waals surface area contributed by atoms with Crippen LogP contribution in [0, 0.1) is 40.4 Å². The number of allylic oxidation sites excluding steroid dienone is 2. The Morgan fingerprint density at radius 2 is 1.15 bits per heavy atom. The molecule has 12 N–H and O–H groups in total. The van der Waals surface area contributed by atoms with Gasteiger partial charge in [-0.05, 0) is 127 Å². The van der Waals surface area contributed by atoms with E-state index in [0.29, 0.717) is 38.5 Å².